The largest absolute Gasteiger partial charge is 0.318 e. The van der Waals surface area contributed by atoms with Gasteiger partial charge in [0.15, 0.2) is 0 Å². The van der Waals surface area contributed by atoms with E-state index in [0.29, 0.717) is 24.2 Å². The fourth-order valence-corrected chi connectivity index (χ4v) is 1.73. The number of aryl methyl sites for hydroxylation is 2. The van der Waals surface area contributed by atoms with Crippen LogP contribution in [0.25, 0.3) is 0 Å². The number of rotatable bonds is 3. The summed E-state index contributed by atoms with van der Waals surface area (Å²) < 4.78 is 1.65. The molecule has 2 amide bonds. The van der Waals surface area contributed by atoms with E-state index in [9.17, 15) is 9.59 Å². The van der Waals surface area contributed by atoms with E-state index in [-0.39, 0.29) is 11.8 Å². The number of hydrazone groups is 1. The van der Waals surface area contributed by atoms with Crippen molar-refractivity contribution in [2.45, 2.75) is 26.2 Å². The van der Waals surface area contributed by atoms with Crippen LogP contribution < -0.4 is 10.7 Å². The summed E-state index contributed by atoms with van der Waals surface area (Å²) in [5.74, 6) is -0.458. The average Bonchev–Trinajstić information content (AvgIpc) is 2.70. The van der Waals surface area contributed by atoms with Gasteiger partial charge in [-0.25, -0.2) is 5.43 Å². The number of hydrogen-bond donors (Lipinski definition) is 2. The average molecular weight is 249 g/mol. The van der Waals surface area contributed by atoms with Crippen LogP contribution in [-0.4, -0.2) is 27.3 Å². The maximum atomic E-state index is 11.9. The standard InChI is InChI=1S/C11H15N5O2/c1-3-7-9(6-16(2)15-7)12-11(18)8-4-5-10(17)14-13-8/h6H,3-5H2,1-2H3,(H,12,18)(H,14,17). The Hall–Kier alpha value is -2.18. The molecule has 18 heavy (non-hydrogen) atoms. The van der Waals surface area contributed by atoms with Gasteiger partial charge in [0, 0.05) is 26.1 Å². The molecule has 7 nitrogen and oxygen atoms in total. The van der Waals surface area contributed by atoms with Crippen LogP contribution in [0.1, 0.15) is 25.5 Å². The van der Waals surface area contributed by atoms with Gasteiger partial charge in [0.05, 0.1) is 11.4 Å². The van der Waals surface area contributed by atoms with Crippen molar-refractivity contribution in [3.8, 4) is 0 Å². The molecule has 0 aliphatic carbocycles. The fourth-order valence-electron chi connectivity index (χ4n) is 1.73. The lowest BCUT2D eigenvalue weighted by Gasteiger charge is -2.11. The third-order valence-electron chi connectivity index (χ3n) is 2.65. The van der Waals surface area contributed by atoms with E-state index in [1.165, 1.54) is 0 Å². The van der Waals surface area contributed by atoms with Crippen LogP contribution in [-0.2, 0) is 23.1 Å². The lowest BCUT2D eigenvalue weighted by molar-refractivity contribution is -0.121. The highest BCUT2D eigenvalue weighted by Crippen LogP contribution is 2.14. The summed E-state index contributed by atoms with van der Waals surface area (Å²) in [5, 5.41) is 10.7. The summed E-state index contributed by atoms with van der Waals surface area (Å²) in [6, 6.07) is 0. The van der Waals surface area contributed by atoms with Gasteiger partial charge in [-0.1, -0.05) is 6.92 Å². The molecule has 0 fully saturated rings. The zero-order valence-corrected chi connectivity index (χ0v) is 10.4. The minimum absolute atomic E-state index is 0.165. The molecule has 0 unspecified atom stereocenters. The van der Waals surface area contributed by atoms with Gasteiger partial charge in [-0.3, -0.25) is 14.3 Å². The van der Waals surface area contributed by atoms with Gasteiger partial charge in [0.2, 0.25) is 5.91 Å². The SMILES string of the molecule is CCc1nn(C)cc1NC(=O)C1=NNC(=O)CC1. The molecular weight excluding hydrogens is 234 g/mol. The Kier molecular flexibility index (Phi) is 3.40. The van der Waals surface area contributed by atoms with E-state index in [1.807, 2.05) is 6.92 Å². The second-order valence-corrected chi connectivity index (χ2v) is 4.06. The maximum absolute atomic E-state index is 11.9. The number of aromatic nitrogens is 2. The molecule has 96 valence electrons. The number of anilines is 1. The number of hydrogen-bond acceptors (Lipinski definition) is 4. The first-order valence-electron chi connectivity index (χ1n) is 5.79. The maximum Gasteiger partial charge on any atom is 0.271 e. The van der Waals surface area contributed by atoms with E-state index in [1.54, 1.807) is 17.9 Å². The fraction of sp³-hybridized carbons (Fsp3) is 0.455. The summed E-state index contributed by atoms with van der Waals surface area (Å²) in [6.45, 7) is 1.97. The molecule has 0 atom stereocenters. The molecule has 1 aromatic heterocycles. The summed E-state index contributed by atoms with van der Waals surface area (Å²) in [5.41, 5.74) is 4.14. The quantitative estimate of drug-likeness (QED) is 0.801. The summed E-state index contributed by atoms with van der Waals surface area (Å²) in [7, 11) is 1.80. The van der Waals surface area contributed by atoms with E-state index in [0.717, 1.165) is 12.1 Å². The molecule has 1 aliphatic rings. The molecule has 0 bridgehead atoms. The minimum Gasteiger partial charge on any atom is -0.318 e. The van der Waals surface area contributed by atoms with Crippen LogP contribution in [0.2, 0.25) is 0 Å². The highest BCUT2D eigenvalue weighted by atomic mass is 16.2. The molecule has 0 saturated heterocycles. The number of nitrogens with one attached hydrogen (secondary N) is 2. The highest BCUT2D eigenvalue weighted by molar-refractivity contribution is 6.43. The second kappa shape index (κ2) is 4.99. The first kappa shape index (κ1) is 12.3. The second-order valence-electron chi connectivity index (χ2n) is 4.06. The van der Waals surface area contributed by atoms with Crippen LogP contribution in [0.15, 0.2) is 11.3 Å². The smallest absolute Gasteiger partial charge is 0.271 e. The van der Waals surface area contributed by atoms with Crippen LogP contribution >= 0.6 is 0 Å². The van der Waals surface area contributed by atoms with Gasteiger partial charge in [-0.05, 0) is 6.42 Å². The van der Waals surface area contributed by atoms with Crippen molar-refractivity contribution in [3.05, 3.63) is 11.9 Å². The molecule has 7 heteroatoms. The van der Waals surface area contributed by atoms with Crippen molar-refractivity contribution in [1.82, 2.24) is 15.2 Å². The summed E-state index contributed by atoms with van der Waals surface area (Å²) in [6.07, 6.45) is 3.14. The predicted octanol–water partition coefficient (Wildman–Crippen LogP) is 0.187. The third kappa shape index (κ3) is 2.55. The number of carbonyl (C=O) groups excluding carboxylic acids is 2. The topological polar surface area (TPSA) is 88.4 Å². The van der Waals surface area contributed by atoms with Crippen molar-refractivity contribution in [1.29, 1.82) is 0 Å². The molecular formula is C11H15N5O2. The van der Waals surface area contributed by atoms with Crippen molar-refractivity contribution in [3.63, 3.8) is 0 Å². The Morgan fingerprint density at radius 1 is 1.56 bits per heavy atom. The molecule has 2 rings (SSSR count). The zero-order valence-electron chi connectivity index (χ0n) is 10.4. The third-order valence-corrected chi connectivity index (χ3v) is 2.65. The Morgan fingerprint density at radius 2 is 2.33 bits per heavy atom. The number of amides is 2. The zero-order chi connectivity index (χ0) is 13.1. The van der Waals surface area contributed by atoms with Crippen molar-refractivity contribution < 1.29 is 9.59 Å². The predicted molar refractivity (Wildman–Crippen MR) is 66.0 cm³/mol. The first-order valence-corrected chi connectivity index (χ1v) is 5.79. The van der Waals surface area contributed by atoms with Crippen molar-refractivity contribution >= 4 is 23.2 Å². The molecule has 0 spiro atoms. The highest BCUT2D eigenvalue weighted by Gasteiger charge is 2.19. The normalized spacial score (nSPS) is 15.0. The first-order chi connectivity index (χ1) is 8.60. The monoisotopic (exact) mass is 249 g/mol. The van der Waals surface area contributed by atoms with Crippen molar-refractivity contribution in [2.24, 2.45) is 12.1 Å². The summed E-state index contributed by atoms with van der Waals surface area (Å²) in [4.78, 5) is 22.9. The molecule has 2 heterocycles. The molecule has 2 N–H and O–H groups in total. The van der Waals surface area contributed by atoms with Crippen LogP contribution in [0.3, 0.4) is 0 Å². The van der Waals surface area contributed by atoms with Gasteiger partial charge >= 0.3 is 0 Å². The van der Waals surface area contributed by atoms with Crippen molar-refractivity contribution in [2.75, 3.05) is 5.32 Å². The van der Waals surface area contributed by atoms with Gasteiger partial charge < -0.3 is 5.32 Å². The van der Waals surface area contributed by atoms with E-state index in [2.05, 4.69) is 20.9 Å². The van der Waals surface area contributed by atoms with Crippen LogP contribution in [0.4, 0.5) is 5.69 Å². The van der Waals surface area contributed by atoms with E-state index in [4.69, 9.17) is 0 Å². The lowest BCUT2D eigenvalue weighted by Crippen LogP contribution is -2.32. The van der Waals surface area contributed by atoms with Gasteiger partial charge in [-0.15, -0.1) is 0 Å². The molecule has 0 saturated carbocycles. The molecule has 1 aliphatic heterocycles. The molecule has 0 aromatic carbocycles. The minimum atomic E-state index is -0.294. The summed E-state index contributed by atoms with van der Waals surface area (Å²) >= 11 is 0. The van der Waals surface area contributed by atoms with Crippen LogP contribution in [0.5, 0.6) is 0 Å². The van der Waals surface area contributed by atoms with Gasteiger partial charge in [-0.2, -0.15) is 10.2 Å². The molecule has 1 aromatic rings. The number of nitrogens with zero attached hydrogens (tertiary/aromatic N) is 3. The van der Waals surface area contributed by atoms with E-state index < -0.39 is 0 Å². The van der Waals surface area contributed by atoms with Gasteiger partial charge in [0.25, 0.3) is 5.91 Å². The van der Waals surface area contributed by atoms with Gasteiger partial charge in [0.1, 0.15) is 5.71 Å². The molecule has 0 radical (unpaired) electrons. The van der Waals surface area contributed by atoms with E-state index >= 15 is 0 Å². The Labute approximate surface area is 104 Å². The number of carbonyl (C=O) groups is 2. The lowest BCUT2D eigenvalue weighted by atomic mass is 10.1. The Morgan fingerprint density at radius 3 is 2.94 bits per heavy atom. The Bertz CT molecular complexity index is 518. The van der Waals surface area contributed by atoms with Crippen LogP contribution in [0, 0.1) is 0 Å². The Balaban J connectivity index is 2.09.